The maximum atomic E-state index is 12.4. The Labute approximate surface area is 149 Å². The zero-order chi connectivity index (χ0) is 18.4. The van der Waals surface area contributed by atoms with E-state index in [0.29, 0.717) is 22.0 Å². The van der Waals surface area contributed by atoms with Gasteiger partial charge in [-0.15, -0.1) is 0 Å². The number of anilines is 2. The van der Waals surface area contributed by atoms with Crippen molar-refractivity contribution in [3.8, 4) is 0 Å². The average molecular weight is 361 g/mol. The van der Waals surface area contributed by atoms with Crippen LogP contribution in [-0.2, 0) is 9.59 Å². The van der Waals surface area contributed by atoms with E-state index in [-0.39, 0.29) is 18.7 Å². The second kappa shape index (κ2) is 8.30. The van der Waals surface area contributed by atoms with Crippen LogP contribution in [0.5, 0.6) is 0 Å². The molecular weight excluding hydrogens is 344 g/mol. The van der Waals surface area contributed by atoms with Gasteiger partial charge in [-0.25, -0.2) is 0 Å². The number of aliphatic carboxylic acids is 1. The van der Waals surface area contributed by atoms with Crippen LogP contribution in [0, 0.1) is 6.92 Å². The van der Waals surface area contributed by atoms with E-state index in [9.17, 15) is 14.4 Å². The molecule has 0 aliphatic rings. The number of halogens is 1. The van der Waals surface area contributed by atoms with E-state index < -0.39 is 11.9 Å². The minimum atomic E-state index is -1.04. The van der Waals surface area contributed by atoms with Gasteiger partial charge in [-0.05, 0) is 42.8 Å². The normalized spacial score (nSPS) is 10.2. The van der Waals surface area contributed by atoms with Crippen molar-refractivity contribution in [3.05, 3.63) is 58.6 Å². The Bertz CT molecular complexity index is 820. The number of carbonyl (C=O) groups excluding carboxylic acids is 2. The number of nitrogens with one attached hydrogen (secondary N) is 2. The second-order valence-corrected chi connectivity index (χ2v) is 5.87. The van der Waals surface area contributed by atoms with Crippen LogP contribution in [0.15, 0.2) is 42.5 Å². The zero-order valence-corrected chi connectivity index (χ0v) is 14.3. The van der Waals surface area contributed by atoms with Crippen molar-refractivity contribution in [2.45, 2.75) is 19.8 Å². The quantitative estimate of drug-likeness (QED) is 0.731. The molecule has 0 bridgehead atoms. The fourth-order valence-corrected chi connectivity index (χ4v) is 2.28. The molecule has 6 nitrogen and oxygen atoms in total. The van der Waals surface area contributed by atoms with Crippen molar-refractivity contribution in [3.63, 3.8) is 0 Å². The Morgan fingerprint density at radius 1 is 1.04 bits per heavy atom. The Kier molecular flexibility index (Phi) is 6.14. The molecule has 3 N–H and O–H groups in total. The van der Waals surface area contributed by atoms with Crippen molar-refractivity contribution in [2.24, 2.45) is 0 Å². The van der Waals surface area contributed by atoms with Crippen molar-refractivity contribution >= 4 is 40.8 Å². The minimum absolute atomic E-state index is 0.131. The third-order valence-corrected chi connectivity index (χ3v) is 3.66. The number of amides is 2. The van der Waals surface area contributed by atoms with Gasteiger partial charge in [0, 0.05) is 28.4 Å². The smallest absolute Gasteiger partial charge is 0.303 e. The van der Waals surface area contributed by atoms with Gasteiger partial charge in [-0.3, -0.25) is 14.4 Å². The SMILES string of the molecule is Cc1ccc(Cl)cc1NC(=O)c1cccc(NC(=O)CCC(=O)O)c1. The fraction of sp³-hybridized carbons (Fsp3) is 0.167. The number of rotatable bonds is 6. The molecule has 0 aromatic heterocycles. The number of carbonyl (C=O) groups is 3. The summed E-state index contributed by atoms with van der Waals surface area (Å²) >= 11 is 5.94. The summed E-state index contributed by atoms with van der Waals surface area (Å²) in [6.07, 6.45) is -0.381. The van der Waals surface area contributed by atoms with Gasteiger partial charge in [-0.1, -0.05) is 23.7 Å². The first-order chi connectivity index (χ1) is 11.8. The van der Waals surface area contributed by atoms with Crippen LogP contribution in [0.4, 0.5) is 11.4 Å². The van der Waals surface area contributed by atoms with Gasteiger partial charge in [0.2, 0.25) is 5.91 Å². The average Bonchev–Trinajstić information content (AvgIpc) is 2.56. The van der Waals surface area contributed by atoms with Gasteiger partial charge < -0.3 is 15.7 Å². The topological polar surface area (TPSA) is 95.5 Å². The molecule has 0 unspecified atom stereocenters. The molecule has 130 valence electrons. The molecule has 2 aromatic rings. The molecule has 7 heteroatoms. The lowest BCUT2D eigenvalue weighted by Gasteiger charge is -2.10. The molecule has 25 heavy (non-hydrogen) atoms. The largest absolute Gasteiger partial charge is 0.481 e. The molecule has 0 aliphatic carbocycles. The van der Waals surface area contributed by atoms with E-state index in [1.54, 1.807) is 36.4 Å². The maximum absolute atomic E-state index is 12.4. The van der Waals surface area contributed by atoms with Gasteiger partial charge in [0.15, 0.2) is 0 Å². The molecule has 2 rings (SSSR count). The van der Waals surface area contributed by atoms with E-state index in [1.807, 2.05) is 6.92 Å². The Hall–Kier alpha value is -2.86. The number of carboxylic acids is 1. The first kappa shape index (κ1) is 18.5. The number of carboxylic acid groups (broad SMARTS) is 1. The van der Waals surface area contributed by atoms with Crippen molar-refractivity contribution in [1.29, 1.82) is 0 Å². The molecule has 0 saturated heterocycles. The van der Waals surface area contributed by atoms with Crippen LogP contribution < -0.4 is 10.6 Å². The Morgan fingerprint density at radius 2 is 1.80 bits per heavy atom. The van der Waals surface area contributed by atoms with Gasteiger partial charge in [-0.2, -0.15) is 0 Å². The lowest BCUT2D eigenvalue weighted by Crippen LogP contribution is -2.15. The van der Waals surface area contributed by atoms with E-state index in [2.05, 4.69) is 10.6 Å². The summed E-state index contributed by atoms with van der Waals surface area (Å²) in [6.45, 7) is 1.85. The lowest BCUT2D eigenvalue weighted by molar-refractivity contribution is -0.138. The predicted molar refractivity (Wildman–Crippen MR) is 96.1 cm³/mol. The second-order valence-electron chi connectivity index (χ2n) is 5.44. The molecule has 0 radical (unpaired) electrons. The first-order valence-electron chi connectivity index (χ1n) is 7.54. The number of benzene rings is 2. The molecule has 0 heterocycles. The molecule has 2 aromatic carbocycles. The Balaban J connectivity index is 2.07. The van der Waals surface area contributed by atoms with Crippen LogP contribution in [0.25, 0.3) is 0 Å². The minimum Gasteiger partial charge on any atom is -0.481 e. The van der Waals surface area contributed by atoms with Crippen LogP contribution >= 0.6 is 11.6 Å². The monoisotopic (exact) mass is 360 g/mol. The predicted octanol–water partition coefficient (Wildman–Crippen LogP) is 3.70. The lowest BCUT2D eigenvalue weighted by atomic mass is 10.1. The van der Waals surface area contributed by atoms with E-state index in [0.717, 1.165) is 5.56 Å². The van der Waals surface area contributed by atoms with Gasteiger partial charge >= 0.3 is 5.97 Å². The van der Waals surface area contributed by atoms with Gasteiger partial charge in [0.05, 0.1) is 6.42 Å². The standard InChI is InChI=1S/C18H17ClN2O4/c1-11-5-6-13(19)10-15(11)21-18(25)12-3-2-4-14(9-12)20-16(22)7-8-17(23)24/h2-6,9-10H,7-8H2,1H3,(H,20,22)(H,21,25)(H,23,24). The molecular formula is C18H17ClN2O4. The highest BCUT2D eigenvalue weighted by Gasteiger charge is 2.11. The molecule has 0 aliphatic heterocycles. The van der Waals surface area contributed by atoms with E-state index in [1.165, 1.54) is 6.07 Å². The number of hydrogen-bond donors (Lipinski definition) is 3. The highest BCUT2D eigenvalue weighted by Crippen LogP contribution is 2.21. The molecule has 0 spiro atoms. The third-order valence-electron chi connectivity index (χ3n) is 3.42. The summed E-state index contributed by atoms with van der Waals surface area (Å²) in [5, 5.41) is 14.4. The van der Waals surface area contributed by atoms with E-state index >= 15 is 0 Å². The number of aryl methyl sites for hydroxylation is 1. The fourth-order valence-electron chi connectivity index (χ4n) is 2.11. The molecule has 2 amide bonds. The summed E-state index contributed by atoms with van der Waals surface area (Å²) in [6, 6.07) is 11.6. The van der Waals surface area contributed by atoms with Gasteiger partial charge in [0.1, 0.15) is 0 Å². The summed E-state index contributed by atoms with van der Waals surface area (Å²) < 4.78 is 0. The van der Waals surface area contributed by atoms with Crippen molar-refractivity contribution < 1.29 is 19.5 Å². The first-order valence-corrected chi connectivity index (χ1v) is 7.92. The van der Waals surface area contributed by atoms with Crippen LogP contribution in [-0.4, -0.2) is 22.9 Å². The van der Waals surface area contributed by atoms with Crippen molar-refractivity contribution in [1.82, 2.24) is 0 Å². The molecule has 0 saturated carbocycles. The Morgan fingerprint density at radius 3 is 2.52 bits per heavy atom. The zero-order valence-electron chi connectivity index (χ0n) is 13.5. The summed E-state index contributed by atoms with van der Waals surface area (Å²) in [7, 11) is 0. The maximum Gasteiger partial charge on any atom is 0.303 e. The van der Waals surface area contributed by atoms with E-state index in [4.69, 9.17) is 16.7 Å². The highest BCUT2D eigenvalue weighted by atomic mass is 35.5. The third kappa shape index (κ3) is 5.61. The summed E-state index contributed by atoms with van der Waals surface area (Å²) in [5.74, 6) is -1.81. The number of hydrogen-bond acceptors (Lipinski definition) is 3. The summed E-state index contributed by atoms with van der Waals surface area (Å²) in [5.41, 5.74) is 2.26. The van der Waals surface area contributed by atoms with Crippen molar-refractivity contribution in [2.75, 3.05) is 10.6 Å². The molecule has 0 atom stereocenters. The van der Waals surface area contributed by atoms with Crippen LogP contribution in [0.2, 0.25) is 5.02 Å². The summed E-state index contributed by atoms with van der Waals surface area (Å²) in [4.78, 5) is 34.5. The molecule has 0 fully saturated rings. The highest BCUT2D eigenvalue weighted by molar-refractivity contribution is 6.31. The van der Waals surface area contributed by atoms with Gasteiger partial charge in [0.25, 0.3) is 5.91 Å². The van der Waals surface area contributed by atoms with Crippen LogP contribution in [0.1, 0.15) is 28.8 Å². The van der Waals surface area contributed by atoms with Crippen LogP contribution in [0.3, 0.4) is 0 Å².